The molecule has 5 rings (SSSR count). The maximum atomic E-state index is 13.0. The van der Waals surface area contributed by atoms with E-state index < -0.39 is 6.10 Å². The van der Waals surface area contributed by atoms with Gasteiger partial charge in [0.05, 0.1) is 23.9 Å². The Morgan fingerprint density at radius 3 is 2.58 bits per heavy atom. The molecule has 0 spiro atoms. The van der Waals surface area contributed by atoms with E-state index in [9.17, 15) is 14.7 Å². The highest BCUT2D eigenvalue weighted by atomic mass is 16.5. The molecule has 1 aromatic carbocycles. The Morgan fingerprint density at radius 2 is 1.94 bits per heavy atom. The minimum atomic E-state index is -0.481. The molecule has 2 aliphatic rings. The van der Waals surface area contributed by atoms with E-state index in [1.807, 2.05) is 26.0 Å². The van der Waals surface area contributed by atoms with E-state index in [0.717, 1.165) is 24.1 Å². The first kappa shape index (κ1) is 21.3. The van der Waals surface area contributed by atoms with Gasteiger partial charge in [0.25, 0.3) is 5.91 Å². The zero-order valence-corrected chi connectivity index (χ0v) is 18.9. The van der Waals surface area contributed by atoms with Crippen LogP contribution in [-0.4, -0.2) is 63.3 Å². The molecule has 2 atom stereocenters. The van der Waals surface area contributed by atoms with Crippen LogP contribution in [-0.2, 0) is 0 Å². The van der Waals surface area contributed by atoms with Crippen molar-refractivity contribution in [3.8, 4) is 11.5 Å². The number of benzene rings is 1. The minimum absolute atomic E-state index is 0.118. The first-order valence-electron chi connectivity index (χ1n) is 11.1. The summed E-state index contributed by atoms with van der Waals surface area (Å²) in [6, 6.07) is 9.01. The Labute approximate surface area is 191 Å². The molecule has 33 heavy (non-hydrogen) atoms. The summed E-state index contributed by atoms with van der Waals surface area (Å²) < 4.78 is 7.77. The monoisotopic (exact) mass is 449 g/mol. The number of aliphatic hydroxyl groups excluding tert-OH is 1. The smallest absolute Gasteiger partial charge is 0.321 e. The number of likely N-dealkylation sites (tertiary alicyclic amines) is 1. The number of carbonyl (C=O) groups excluding carboxylic acids is 2. The summed E-state index contributed by atoms with van der Waals surface area (Å²) in [6.07, 6.45) is 4.92. The van der Waals surface area contributed by atoms with Gasteiger partial charge in [-0.05, 0) is 56.5 Å². The molecule has 1 aliphatic carbocycles. The molecule has 9 nitrogen and oxygen atoms in total. The average Bonchev–Trinajstić information content (AvgIpc) is 3.57. The van der Waals surface area contributed by atoms with Crippen molar-refractivity contribution in [3.05, 3.63) is 53.9 Å². The second kappa shape index (κ2) is 8.08. The Morgan fingerprint density at radius 1 is 1.21 bits per heavy atom. The Hall–Kier alpha value is -3.59. The predicted octanol–water partition coefficient (Wildman–Crippen LogP) is 2.95. The number of nitrogens with zero attached hydrogens (tertiary/aromatic N) is 4. The van der Waals surface area contributed by atoms with E-state index >= 15 is 0 Å². The molecular weight excluding hydrogens is 422 g/mol. The minimum Gasteiger partial charge on any atom is -0.455 e. The number of carbonyl (C=O) groups is 2. The zero-order valence-electron chi connectivity index (χ0n) is 18.9. The molecule has 1 saturated heterocycles. The Bertz CT molecular complexity index is 1220. The largest absolute Gasteiger partial charge is 0.455 e. The lowest BCUT2D eigenvalue weighted by atomic mass is 9.99. The van der Waals surface area contributed by atoms with Crippen molar-refractivity contribution in [3.63, 3.8) is 0 Å². The molecule has 2 aromatic heterocycles. The van der Waals surface area contributed by atoms with Crippen molar-refractivity contribution in [1.29, 1.82) is 0 Å². The molecule has 0 bridgehead atoms. The van der Waals surface area contributed by atoms with E-state index in [1.54, 1.807) is 52.0 Å². The van der Waals surface area contributed by atoms with Gasteiger partial charge in [-0.25, -0.2) is 9.31 Å². The number of amides is 3. The predicted molar refractivity (Wildman–Crippen MR) is 123 cm³/mol. The van der Waals surface area contributed by atoms with Crippen LogP contribution in [0.25, 0.3) is 5.52 Å². The lowest BCUT2D eigenvalue weighted by Gasteiger charge is -2.43. The van der Waals surface area contributed by atoms with Crippen LogP contribution in [0.4, 0.5) is 10.5 Å². The number of aryl methyl sites for hydroxylation is 1. The number of aromatic nitrogens is 2. The van der Waals surface area contributed by atoms with E-state index in [0.29, 0.717) is 35.2 Å². The van der Waals surface area contributed by atoms with Crippen LogP contribution in [0.15, 0.2) is 42.7 Å². The third-order valence-corrected chi connectivity index (χ3v) is 6.47. The van der Waals surface area contributed by atoms with Gasteiger partial charge in [0.2, 0.25) is 0 Å². The van der Waals surface area contributed by atoms with Crippen molar-refractivity contribution >= 4 is 23.1 Å². The van der Waals surface area contributed by atoms with Crippen LogP contribution in [0.3, 0.4) is 0 Å². The van der Waals surface area contributed by atoms with Gasteiger partial charge in [-0.2, -0.15) is 5.10 Å². The summed E-state index contributed by atoms with van der Waals surface area (Å²) in [4.78, 5) is 28.5. The number of aliphatic hydroxyl groups is 1. The van der Waals surface area contributed by atoms with Gasteiger partial charge in [-0.15, -0.1) is 0 Å². The number of nitrogens with one attached hydrogen (secondary N) is 1. The van der Waals surface area contributed by atoms with Crippen molar-refractivity contribution < 1.29 is 19.4 Å². The molecule has 2 fully saturated rings. The number of urea groups is 1. The molecule has 1 saturated carbocycles. The number of hydrogen-bond acceptors (Lipinski definition) is 5. The topological polar surface area (TPSA) is 99.4 Å². The van der Waals surface area contributed by atoms with Gasteiger partial charge < -0.3 is 20.1 Å². The number of anilines is 1. The maximum absolute atomic E-state index is 13.0. The number of hydrogen-bond donors (Lipinski definition) is 2. The van der Waals surface area contributed by atoms with E-state index in [4.69, 9.17) is 4.74 Å². The van der Waals surface area contributed by atoms with Crippen molar-refractivity contribution in [2.45, 2.75) is 44.9 Å². The van der Waals surface area contributed by atoms with Gasteiger partial charge in [0, 0.05) is 37.6 Å². The van der Waals surface area contributed by atoms with Crippen LogP contribution in [0, 0.1) is 6.92 Å². The fraction of sp³-hybridized carbons (Fsp3) is 0.375. The van der Waals surface area contributed by atoms with Crippen LogP contribution < -0.4 is 15.0 Å². The van der Waals surface area contributed by atoms with E-state index in [1.165, 1.54) is 0 Å². The van der Waals surface area contributed by atoms with Gasteiger partial charge in [0.15, 0.2) is 5.75 Å². The van der Waals surface area contributed by atoms with Gasteiger partial charge >= 0.3 is 6.03 Å². The van der Waals surface area contributed by atoms with E-state index in [-0.39, 0.29) is 18.0 Å². The van der Waals surface area contributed by atoms with Gasteiger partial charge in [-0.1, -0.05) is 0 Å². The molecule has 2 N–H and O–H groups in total. The lowest BCUT2D eigenvalue weighted by molar-refractivity contribution is -0.0357. The Balaban J connectivity index is 1.36. The van der Waals surface area contributed by atoms with Crippen LogP contribution in [0.5, 0.6) is 11.5 Å². The zero-order chi connectivity index (χ0) is 23.3. The highest BCUT2D eigenvalue weighted by Crippen LogP contribution is 2.32. The molecule has 3 aromatic rings. The highest BCUT2D eigenvalue weighted by Gasteiger charge is 2.38. The summed E-state index contributed by atoms with van der Waals surface area (Å²) in [5.74, 6) is 1.06. The fourth-order valence-electron chi connectivity index (χ4n) is 4.02. The highest BCUT2D eigenvalue weighted by molar-refractivity contribution is 5.99. The Kier molecular flexibility index (Phi) is 5.20. The quantitative estimate of drug-likeness (QED) is 0.624. The van der Waals surface area contributed by atoms with Gasteiger partial charge in [-0.3, -0.25) is 9.69 Å². The third kappa shape index (κ3) is 3.89. The average molecular weight is 450 g/mol. The lowest BCUT2D eigenvalue weighted by Crippen LogP contribution is -2.60. The number of ether oxygens (including phenoxy) is 1. The van der Waals surface area contributed by atoms with Crippen LogP contribution in [0.1, 0.15) is 35.7 Å². The molecule has 3 amide bonds. The van der Waals surface area contributed by atoms with Gasteiger partial charge in [0.1, 0.15) is 11.3 Å². The summed E-state index contributed by atoms with van der Waals surface area (Å²) in [6.45, 7) is 4.04. The van der Waals surface area contributed by atoms with Crippen molar-refractivity contribution in [1.82, 2.24) is 19.8 Å². The summed E-state index contributed by atoms with van der Waals surface area (Å²) in [7, 11) is 1.74. The number of fused-ring (bicyclic) bond motifs is 1. The second-order valence-electron chi connectivity index (χ2n) is 8.80. The molecule has 3 heterocycles. The first-order valence-corrected chi connectivity index (χ1v) is 11.1. The van der Waals surface area contributed by atoms with Crippen molar-refractivity contribution in [2.75, 3.05) is 18.5 Å². The summed E-state index contributed by atoms with van der Waals surface area (Å²) >= 11 is 0. The second-order valence-corrected chi connectivity index (χ2v) is 8.80. The molecule has 0 unspecified atom stereocenters. The third-order valence-electron chi connectivity index (χ3n) is 6.47. The number of β-amino-alcohol motifs (C(OH)–C–C–N with tert-alkyl or cyclic N) is 1. The normalized spacial score (nSPS) is 19.8. The van der Waals surface area contributed by atoms with Crippen molar-refractivity contribution in [2.24, 2.45) is 0 Å². The number of rotatable bonds is 5. The van der Waals surface area contributed by atoms with Crippen LogP contribution in [0.2, 0.25) is 0 Å². The molecule has 9 heteroatoms. The molecule has 172 valence electrons. The molecular formula is C24H27N5O4. The van der Waals surface area contributed by atoms with E-state index in [2.05, 4.69) is 10.4 Å². The first-order chi connectivity index (χ1) is 15.8. The molecule has 0 radical (unpaired) electrons. The van der Waals surface area contributed by atoms with Crippen LogP contribution >= 0.6 is 0 Å². The SMILES string of the molecule is Cc1c(C(=O)N2C[C@@H](O)[C@H]2C)cn2nccc(Oc3ccc(N(C)C(=O)NC4CC4)cc3)c12. The maximum Gasteiger partial charge on any atom is 0.321 e. The fourth-order valence-corrected chi connectivity index (χ4v) is 4.02. The molecule has 1 aliphatic heterocycles. The standard InChI is InChI=1S/C24H27N5O4/c1-14-19(23(31)28-13-20(30)15(28)2)12-29-22(14)21(10-11-25-29)33-18-8-6-17(7-9-18)27(3)24(32)26-16-4-5-16/h6-12,15-16,20,30H,4-5,13H2,1-3H3,(H,26,32)/t15-,20-/m1/s1. The summed E-state index contributed by atoms with van der Waals surface area (Å²) in [5.41, 5.74) is 2.78. The summed E-state index contributed by atoms with van der Waals surface area (Å²) in [5, 5.41) is 17.1.